The molecule has 2 aromatic rings. The molecule has 1 saturated heterocycles. The molecular formula is C31H43N3O4. The summed E-state index contributed by atoms with van der Waals surface area (Å²) in [5.41, 5.74) is 1.61. The number of carbonyl (C=O) groups is 2. The van der Waals surface area contributed by atoms with E-state index < -0.39 is 0 Å². The fraction of sp³-hybridized carbons (Fsp3) is 0.484. The molecule has 0 bridgehead atoms. The number of unbranched alkanes of at least 4 members (excludes halogenated alkanes) is 3. The zero-order valence-electron chi connectivity index (χ0n) is 23.2. The number of carbonyl (C=O) groups excluding carboxylic acids is 2. The lowest BCUT2D eigenvalue weighted by Gasteiger charge is -2.36. The van der Waals surface area contributed by atoms with Crippen molar-refractivity contribution in [1.29, 1.82) is 0 Å². The molecule has 0 spiro atoms. The topological polar surface area (TPSA) is 62.3 Å². The van der Waals surface area contributed by atoms with Crippen molar-refractivity contribution in [3.8, 4) is 11.5 Å². The van der Waals surface area contributed by atoms with E-state index in [0.717, 1.165) is 62.6 Å². The smallest absolute Gasteiger partial charge is 0.254 e. The van der Waals surface area contributed by atoms with Crippen LogP contribution in [0.25, 0.3) is 6.08 Å². The first-order chi connectivity index (χ1) is 18.5. The van der Waals surface area contributed by atoms with E-state index in [2.05, 4.69) is 11.8 Å². The molecule has 2 amide bonds. The first-order valence-electron chi connectivity index (χ1n) is 13.8. The molecule has 0 atom stereocenters. The summed E-state index contributed by atoms with van der Waals surface area (Å²) < 4.78 is 10.7. The van der Waals surface area contributed by atoms with Crippen molar-refractivity contribution in [3.05, 3.63) is 65.7 Å². The summed E-state index contributed by atoms with van der Waals surface area (Å²) in [5.74, 6) is 1.79. The van der Waals surface area contributed by atoms with Gasteiger partial charge in [0.1, 0.15) is 11.5 Å². The lowest BCUT2D eigenvalue weighted by Crippen LogP contribution is -2.50. The Balaban J connectivity index is 1.58. The zero-order valence-corrected chi connectivity index (χ0v) is 23.2. The number of piperazine rings is 1. The lowest BCUT2D eigenvalue weighted by atomic mass is 10.1. The first-order valence-corrected chi connectivity index (χ1v) is 13.8. The summed E-state index contributed by atoms with van der Waals surface area (Å²) in [6.07, 6.45) is 9.15. The average molecular weight is 522 g/mol. The van der Waals surface area contributed by atoms with Gasteiger partial charge >= 0.3 is 0 Å². The fourth-order valence-corrected chi connectivity index (χ4v) is 4.65. The molecule has 1 fully saturated rings. The minimum atomic E-state index is -0.0155. The van der Waals surface area contributed by atoms with Gasteiger partial charge in [-0.2, -0.15) is 0 Å². The molecule has 206 valence electrons. The van der Waals surface area contributed by atoms with Crippen LogP contribution in [-0.2, 0) is 4.79 Å². The number of hydrogen-bond donors (Lipinski definition) is 0. The Morgan fingerprint density at radius 2 is 1.66 bits per heavy atom. The Morgan fingerprint density at radius 1 is 0.921 bits per heavy atom. The van der Waals surface area contributed by atoms with E-state index in [1.165, 1.54) is 12.8 Å². The highest BCUT2D eigenvalue weighted by atomic mass is 16.5. The number of methoxy groups -OCH3 is 2. The second-order valence-electron chi connectivity index (χ2n) is 9.66. The number of nitrogens with zero attached hydrogens (tertiary/aromatic N) is 3. The van der Waals surface area contributed by atoms with Gasteiger partial charge in [0.15, 0.2) is 0 Å². The zero-order chi connectivity index (χ0) is 27.2. The van der Waals surface area contributed by atoms with Crippen molar-refractivity contribution in [2.24, 2.45) is 0 Å². The van der Waals surface area contributed by atoms with Crippen LogP contribution in [0.5, 0.6) is 11.5 Å². The van der Waals surface area contributed by atoms with Crippen molar-refractivity contribution in [2.45, 2.75) is 39.0 Å². The van der Waals surface area contributed by atoms with Crippen LogP contribution in [0.2, 0.25) is 0 Å². The average Bonchev–Trinajstić information content (AvgIpc) is 2.97. The largest absolute Gasteiger partial charge is 0.497 e. The van der Waals surface area contributed by atoms with Crippen LogP contribution in [0.15, 0.2) is 54.6 Å². The highest BCUT2D eigenvalue weighted by Gasteiger charge is 2.22. The van der Waals surface area contributed by atoms with E-state index in [1.54, 1.807) is 14.2 Å². The summed E-state index contributed by atoms with van der Waals surface area (Å²) in [4.78, 5) is 32.2. The molecule has 0 radical (unpaired) electrons. The van der Waals surface area contributed by atoms with Gasteiger partial charge in [-0.1, -0.05) is 56.5 Å². The molecule has 2 aromatic carbocycles. The van der Waals surface area contributed by atoms with E-state index in [0.29, 0.717) is 25.1 Å². The molecule has 0 N–H and O–H groups in total. The molecule has 0 aliphatic carbocycles. The number of ether oxygens (including phenoxy) is 2. The maximum Gasteiger partial charge on any atom is 0.254 e. The van der Waals surface area contributed by atoms with Gasteiger partial charge in [0.2, 0.25) is 5.91 Å². The van der Waals surface area contributed by atoms with Gasteiger partial charge in [-0.15, -0.1) is 0 Å². The SMILES string of the molecule is CCCCCCC(=O)N1CCN(CCN(C/C=C/c2ccccc2OC)C(=O)c2ccc(OC)cc2)CC1. The fourth-order valence-electron chi connectivity index (χ4n) is 4.65. The monoisotopic (exact) mass is 521 g/mol. The molecule has 38 heavy (non-hydrogen) atoms. The highest BCUT2D eigenvalue weighted by molar-refractivity contribution is 5.94. The number of para-hydroxylation sites is 1. The lowest BCUT2D eigenvalue weighted by molar-refractivity contribution is -0.133. The van der Waals surface area contributed by atoms with Crippen LogP contribution in [0.1, 0.15) is 54.9 Å². The van der Waals surface area contributed by atoms with Gasteiger partial charge in [0, 0.05) is 63.4 Å². The Morgan fingerprint density at radius 3 is 2.34 bits per heavy atom. The molecule has 1 heterocycles. The summed E-state index contributed by atoms with van der Waals surface area (Å²) >= 11 is 0. The number of rotatable bonds is 14. The predicted octanol–water partition coefficient (Wildman–Crippen LogP) is 4.97. The molecular weight excluding hydrogens is 478 g/mol. The third kappa shape index (κ3) is 8.91. The quantitative estimate of drug-likeness (QED) is 0.329. The maximum absolute atomic E-state index is 13.4. The molecule has 7 nitrogen and oxygen atoms in total. The van der Waals surface area contributed by atoms with Gasteiger partial charge in [-0.25, -0.2) is 0 Å². The van der Waals surface area contributed by atoms with Crippen LogP contribution in [0.3, 0.4) is 0 Å². The third-order valence-corrected chi connectivity index (χ3v) is 7.04. The van der Waals surface area contributed by atoms with Crippen LogP contribution in [0.4, 0.5) is 0 Å². The minimum Gasteiger partial charge on any atom is -0.497 e. The standard InChI is InChI=1S/C31H43N3O4/c1-4-5-6-7-14-30(35)33-23-20-32(21-24-33)22-25-34(31(36)27-15-17-28(37-2)18-16-27)19-10-12-26-11-8-9-13-29(26)38-3/h8-13,15-18H,4-7,14,19-25H2,1-3H3/b12-10+. The van der Waals surface area contributed by atoms with Gasteiger partial charge < -0.3 is 19.3 Å². The second kappa shape index (κ2) is 15.8. The molecule has 0 unspecified atom stereocenters. The summed E-state index contributed by atoms with van der Waals surface area (Å²) in [7, 11) is 3.28. The number of benzene rings is 2. The van der Waals surface area contributed by atoms with Gasteiger partial charge in [-0.3, -0.25) is 14.5 Å². The van der Waals surface area contributed by atoms with Crippen LogP contribution >= 0.6 is 0 Å². The molecule has 1 aliphatic heterocycles. The van der Waals surface area contributed by atoms with Crippen molar-refractivity contribution < 1.29 is 19.1 Å². The summed E-state index contributed by atoms with van der Waals surface area (Å²) in [5, 5.41) is 0. The van der Waals surface area contributed by atoms with E-state index in [4.69, 9.17) is 9.47 Å². The normalized spacial score (nSPS) is 14.0. The third-order valence-electron chi connectivity index (χ3n) is 7.04. The van der Waals surface area contributed by atoms with Crippen molar-refractivity contribution in [1.82, 2.24) is 14.7 Å². The van der Waals surface area contributed by atoms with Gasteiger partial charge in [0.05, 0.1) is 14.2 Å². The van der Waals surface area contributed by atoms with Gasteiger partial charge in [0.25, 0.3) is 5.91 Å². The van der Waals surface area contributed by atoms with Crippen molar-refractivity contribution in [2.75, 3.05) is 60.0 Å². The van der Waals surface area contributed by atoms with E-state index >= 15 is 0 Å². The van der Waals surface area contributed by atoms with E-state index in [-0.39, 0.29) is 11.8 Å². The summed E-state index contributed by atoms with van der Waals surface area (Å²) in [6.45, 7) is 7.22. The van der Waals surface area contributed by atoms with Crippen molar-refractivity contribution in [3.63, 3.8) is 0 Å². The Bertz CT molecular complexity index is 1030. The predicted molar refractivity (Wildman–Crippen MR) is 153 cm³/mol. The Hall–Kier alpha value is -3.32. The van der Waals surface area contributed by atoms with Crippen LogP contribution < -0.4 is 9.47 Å². The van der Waals surface area contributed by atoms with E-state index in [1.807, 2.05) is 70.5 Å². The minimum absolute atomic E-state index is 0.0155. The number of amides is 2. The van der Waals surface area contributed by atoms with Crippen molar-refractivity contribution >= 4 is 17.9 Å². The number of hydrogen-bond acceptors (Lipinski definition) is 5. The van der Waals surface area contributed by atoms with Gasteiger partial charge in [-0.05, 0) is 36.8 Å². The molecule has 3 rings (SSSR count). The Kier molecular flexibility index (Phi) is 12.2. The molecule has 0 saturated carbocycles. The van der Waals surface area contributed by atoms with Crippen LogP contribution in [0, 0.1) is 0 Å². The highest BCUT2D eigenvalue weighted by Crippen LogP contribution is 2.19. The second-order valence-corrected chi connectivity index (χ2v) is 9.66. The molecule has 7 heteroatoms. The molecule has 1 aliphatic rings. The first kappa shape index (κ1) is 29.2. The molecule has 0 aromatic heterocycles. The maximum atomic E-state index is 13.4. The van der Waals surface area contributed by atoms with Crippen LogP contribution in [-0.4, -0.2) is 86.5 Å². The summed E-state index contributed by atoms with van der Waals surface area (Å²) in [6, 6.07) is 15.1. The van der Waals surface area contributed by atoms with E-state index in [9.17, 15) is 9.59 Å². The Labute approximate surface area is 228 Å².